The van der Waals surface area contributed by atoms with Gasteiger partial charge in [-0.05, 0) is 35.4 Å². The van der Waals surface area contributed by atoms with Gasteiger partial charge in [0, 0.05) is 5.56 Å². The van der Waals surface area contributed by atoms with Crippen molar-refractivity contribution in [1.29, 1.82) is 0 Å². The van der Waals surface area contributed by atoms with Crippen molar-refractivity contribution in [1.82, 2.24) is 0 Å². The molecule has 0 bridgehead atoms. The fraction of sp³-hybridized carbons (Fsp3) is 0.125. The smallest absolute Gasteiger partial charge is 0.416 e. The van der Waals surface area contributed by atoms with Gasteiger partial charge in [-0.25, -0.2) is 4.39 Å². The molecule has 2 aromatic carbocycles. The molecule has 5 heteroatoms. The van der Waals surface area contributed by atoms with Crippen LogP contribution >= 0.6 is 0 Å². The topological polar surface area (TPSA) is 9.23 Å². The molecule has 110 valence electrons. The molecule has 0 aliphatic rings. The van der Waals surface area contributed by atoms with Crippen molar-refractivity contribution in [3.63, 3.8) is 0 Å². The van der Waals surface area contributed by atoms with Crippen molar-refractivity contribution >= 4 is 6.08 Å². The summed E-state index contributed by atoms with van der Waals surface area (Å²) in [7, 11) is 1.45. The van der Waals surface area contributed by atoms with Crippen LogP contribution in [0.5, 0.6) is 0 Å². The number of halogens is 4. The third-order valence-corrected chi connectivity index (χ3v) is 2.93. The van der Waals surface area contributed by atoms with Crippen molar-refractivity contribution in [2.45, 2.75) is 6.18 Å². The molecule has 0 N–H and O–H groups in total. The summed E-state index contributed by atoms with van der Waals surface area (Å²) in [4.78, 5) is 0. The van der Waals surface area contributed by atoms with Gasteiger partial charge in [-0.1, -0.05) is 24.3 Å². The van der Waals surface area contributed by atoms with E-state index in [2.05, 4.69) is 0 Å². The first kappa shape index (κ1) is 15.1. The van der Waals surface area contributed by atoms with E-state index in [0.29, 0.717) is 16.7 Å². The van der Waals surface area contributed by atoms with Crippen LogP contribution in [0.3, 0.4) is 0 Å². The lowest BCUT2D eigenvalue weighted by atomic mass is 10.0. The van der Waals surface area contributed by atoms with Crippen LogP contribution in [0.15, 0.2) is 48.7 Å². The second-order valence-electron chi connectivity index (χ2n) is 4.35. The van der Waals surface area contributed by atoms with Gasteiger partial charge in [-0.3, -0.25) is 0 Å². The molecule has 0 aromatic heterocycles. The summed E-state index contributed by atoms with van der Waals surface area (Å²) >= 11 is 0. The van der Waals surface area contributed by atoms with Gasteiger partial charge in [0.25, 0.3) is 0 Å². The Balaban J connectivity index is 2.30. The Morgan fingerprint density at radius 1 is 0.952 bits per heavy atom. The number of alkyl halides is 3. The largest absolute Gasteiger partial charge is 0.504 e. The van der Waals surface area contributed by atoms with Crippen molar-refractivity contribution in [3.05, 3.63) is 65.7 Å². The molecule has 0 aliphatic carbocycles. The minimum Gasteiger partial charge on any atom is -0.504 e. The van der Waals surface area contributed by atoms with E-state index in [1.807, 2.05) is 0 Å². The molecular weight excluding hydrogens is 284 g/mol. The van der Waals surface area contributed by atoms with Gasteiger partial charge in [0.15, 0.2) is 0 Å². The highest BCUT2D eigenvalue weighted by Crippen LogP contribution is 2.31. The molecule has 0 radical (unpaired) electrons. The van der Waals surface area contributed by atoms with Gasteiger partial charge in [0.05, 0.1) is 18.9 Å². The zero-order valence-electron chi connectivity index (χ0n) is 11.1. The van der Waals surface area contributed by atoms with Crippen molar-refractivity contribution in [2.75, 3.05) is 7.11 Å². The molecule has 0 unspecified atom stereocenters. The summed E-state index contributed by atoms with van der Waals surface area (Å²) in [6.45, 7) is 0. The molecule has 0 aliphatic heterocycles. The number of hydrogen-bond donors (Lipinski definition) is 0. The van der Waals surface area contributed by atoms with Crippen molar-refractivity contribution in [3.8, 4) is 11.1 Å². The van der Waals surface area contributed by atoms with Crippen LogP contribution < -0.4 is 0 Å². The predicted octanol–water partition coefficient (Wildman–Crippen LogP) is 5.13. The molecule has 0 amide bonds. The van der Waals surface area contributed by atoms with Crippen LogP contribution in [0.4, 0.5) is 17.6 Å². The minimum atomic E-state index is -4.38. The highest BCUT2D eigenvalue weighted by atomic mass is 19.4. The number of rotatable bonds is 3. The van der Waals surface area contributed by atoms with Crippen LogP contribution in [0.25, 0.3) is 17.2 Å². The lowest BCUT2D eigenvalue weighted by Gasteiger charge is -2.08. The Labute approximate surface area is 119 Å². The number of ether oxygens (including phenoxy) is 1. The summed E-state index contributed by atoms with van der Waals surface area (Å²) in [6.07, 6.45) is -1.57. The summed E-state index contributed by atoms with van der Waals surface area (Å²) < 4.78 is 56.0. The second-order valence-corrected chi connectivity index (χ2v) is 4.35. The molecular formula is C16H12F4O. The highest BCUT2D eigenvalue weighted by molar-refractivity contribution is 5.66. The molecule has 21 heavy (non-hydrogen) atoms. The molecule has 0 saturated carbocycles. The molecule has 0 atom stereocenters. The van der Waals surface area contributed by atoms with Crippen LogP contribution in [0.2, 0.25) is 0 Å². The van der Waals surface area contributed by atoms with E-state index in [-0.39, 0.29) is 0 Å². The summed E-state index contributed by atoms with van der Waals surface area (Å²) in [6, 6.07) is 9.05. The van der Waals surface area contributed by atoms with E-state index in [1.54, 1.807) is 6.07 Å². The summed E-state index contributed by atoms with van der Waals surface area (Å²) in [5, 5.41) is 0. The zero-order valence-corrected chi connectivity index (χ0v) is 11.1. The number of methoxy groups -OCH3 is 1. The average molecular weight is 296 g/mol. The first-order valence-electron chi connectivity index (χ1n) is 6.08. The average Bonchev–Trinajstić information content (AvgIpc) is 2.45. The van der Waals surface area contributed by atoms with Gasteiger partial charge in [0.2, 0.25) is 0 Å². The van der Waals surface area contributed by atoms with E-state index >= 15 is 0 Å². The number of benzene rings is 2. The van der Waals surface area contributed by atoms with Crippen LogP contribution in [0.1, 0.15) is 11.1 Å². The third kappa shape index (κ3) is 3.62. The zero-order chi connectivity index (χ0) is 15.5. The van der Waals surface area contributed by atoms with Crippen LogP contribution in [-0.2, 0) is 10.9 Å². The number of hydrogen-bond acceptors (Lipinski definition) is 1. The van der Waals surface area contributed by atoms with Gasteiger partial charge >= 0.3 is 6.18 Å². The highest BCUT2D eigenvalue weighted by Gasteiger charge is 2.29. The SMILES string of the molecule is COC=Cc1ccc(-c2ccc(C(F)(F)F)cc2)cc1F. The van der Waals surface area contributed by atoms with Crippen molar-refractivity contribution < 1.29 is 22.3 Å². The quantitative estimate of drug-likeness (QED) is 0.563. The van der Waals surface area contributed by atoms with E-state index < -0.39 is 17.6 Å². The van der Waals surface area contributed by atoms with E-state index in [9.17, 15) is 17.6 Å². The van der Waals surface area contributed by atoms with Gasteiger partial charge in [0.1, 0.15) is 5.82 Å². The second kappa shape index (κ2) is 5.99. The van der Waals surface area contributed by atoms with Gasteiger partial charge < -0.3 is 4.74 Å². The summed E-state index contributed by atoms with van der Waals surface area (Å²) in [5.41, 5.74) is 0.638. The Morgan fingerprint density at radius 3 is 2.10 bits per heavy atom. The maximum absolute atomic E-state index is 13.8. The predicted molar refractivity (Wildman–Crippen MR) is 72.9 cm³/mol. The monoisotopic (exact) mass is 296 g/mol. The molecule has 0 spiro atoms. The summed E-state index contributed by atoms with van der Waals surface area (Å²) in [5.74, 6) is -0.472. The molecule has 0 saturated heterocycles. The maximum Gasteiger partial charge on any atom is 0.416 e. The molecule has 2 rings (SSSR count). The van der Waals surface area contributed by atoms with E-state index in [4.69, 9.17) is 4.74 Å². The van der Waals surface area contributed by atoms with Crippen LogP contribution in [-0.4, -0.2) is 7.11 Å². The third-order valence-electron chi connectivity index (χ3n) is 2.93. The Bertz CT molecular complexity index is 642. The molecule has 2 aromatic rings. The van der Waals surface area contributed by atoms with Gasteiger partial charge in [-0.15, -0.1) is 0 Å². The van der Waals surface area contributed by atoms with Crippen LogP contribution in [0, 0.1) is 5.82 Å². The molecule has 0 fully saturated rings. The van der Waals surface area contributed by atoms with E-state index in [1.165, 1.54) is 43.7 Å². The van der Waals surface area contributed by atoms with Crippen molar-refractivity contribution in [2.24, 2.45) is 0 Å². The normalized spacial score (nSPS) is 11.9. The fourth-order valence-electron chi connectivity index (χ4n) is 1.83. The lowest BCUT2D eigenvalue weighted by molar-refractivity contribution is -0.137. The van der Waals surface area contributed by atoms with Gasteiger partial charge in [-0.2, -0.15) is 13.2 Å². The maximum atomic E-state index is 13.8. The minimum absolute atomic E-state index is 0.340. The Hall–Kier alpha value is -2.30. The standard InChI is InChI=1S/C16H12F4O/c1-21-9-8-12-2-3-13(10-15(12)17)11-4-6-14(7-5-11)16(18,19)20/h2-10H,1H3. The molecule has 0 heterocycles. The Kier molecular flexibility index (Phi) is 4.31. The lowest BCUT2D eigenvalue weighted by Crippen LogP contribution is -2.03. The Morgan fingerprint density at radius 2 is 1.57 bits per heavy atom. The fourth-order valence-corrected chi connectivity index (χ4v) is 1.83. The first-order chi connectivity index (χ1) is 9.91. The van der Waals surface area contributed by atoms with E-state index in [0.717, 1.165) is 12.1 Å². The molecule has 1 nitrogen and oxygen atoms in total. The first-order valence-corrected chi connectivity index (χ1v) is 6.08.